The van der Waals surface area contributed by atoms with Gasteiger partial charge in [0.25, 0.3) is 0 Å². The fourth-order valence-electron chi connectivity index (χ4n) is 2.19. The molecule has 108 valence electrons. The fourth-order valence-corrected chi connectivity index (χ4v) is 3.48. The smallest absolute Gasteiger partial charge is 0.236 e. The molecule has 0 atom stereocenters. The van der Waals surface area contributed by atoms with Crippen molar-refractivity contribution in [3.05, 3.63) is 59.8 Å². The summed E-state index contributed by atoms with van der Waals surface area (Å²) >= 11 is 0. The summed E-state index contributed by atoms with van der Waals surface area (Å²) in [4.78, 5) is 0. The molecular weight excluding hydrogens is 286 g/mol. The number of rotatable bonds is 4. The summed E-state index contributed by atoms with van der Waals surface area (Å²) in [5, 5.41) is 7.68. The van der Waals surface area contributed by atoms with Crippen LogP contribution in [-0.4, -0.2) is 18.6 Å². The number of aromatic amines is 1. The van der Waals surface area contributed by atoms with Gasteiger partial charge in [-0.2, -0.15) is 5.10 Å². The van der Waals surface area contributed by atoms with E-state index in [9.17, 15) is 8.42 Å². The van der Waals surface area contributed by atoms with Crippen LogP contribution in [0, 0.1) is 6.92 Å². The number of benzene rings is 2. The van der Waals surface area contributed by atoms with Gasteiger partial charge in [0.15, 0.2) is 0 Å². The van der Waals surface area contributed by atoms with Gasteiger partial charge < -0.3 is 0 Å². The summed E-state index contributed by atoms with van der Waals surface area (Å²) in [6.07, 6.45) is 1.70. The predicted octanol–water partition coefficient (Wildman–Crippen LogP) is 2.81. The van der Waals surface area contributed by atoms with Crippen LogP contribution in [0.2, 0.25) is 0 Å². The Balaban J connectivity index is 1.84. The third-order valence-corrected chi connectivity index (χ3v) is 4.56. The zero-order chi connectivity index (χ0) is 14.9. The Hall–Kier alpha value is -2.34. The largest absolute Gasteiger partial charge is 0.283 e. The molecule has 0 saturated carbocycles. The zero-order valence-corrected chi connectivity index (χ0v) is 12.3. The lowest BCUT2D eigenvalue weighted by Gasteiger charge is -2.09. The standard InChI is InChI=1S/C15H15N3O2S/c1-11-4-2-3-5-13(11)10-21(19,20)18-14-7-6-12-9-16-17-15(12)8-14/h2-9,18H,10H2,1H3,(H,16,17). The van der Waals surface area contributed by atoms with Gasteiger partial charge in [0.1, 0.15) is 0 Å². The Morgan fingerprint density at radius 2 is 2.00 bits per heavy atom. The average molecular weight is 301 g/mol. The highest BCUT2D eigenvalue weighted by molar-refractivity contribution is 7.91. The molecule has 0 aliphatic heterocycles. The van der Waals surface area contributed by atoms with Crippen molar-refractivity contribution in [2.45, 2.75) is 12.7 Å². The molecule has 1 aromatic heterocycles. The molecule has 0 unspecified atom stereocenters. The quantitative estimate of drug-likeness (QED) is 0.778. The van der Waals surface area contributed by atoms with Crippen molar-refractivity contribution in [1.29, 1.82) is 0 Å². The van der Waals surface area contributed by atoms with Crippen molar-refractivity contribution in [1.82, 2.24) is 10.2 Å². The van der Waals surface area contributed by atoms with Gasteiger partial charge in [0, 0.05) is 5.39 Å². The van der Waals surface area contributed by atoms with Crippen LogP contribution in [0.25, 0.3) is 10.9 Å². The molecule has 0 saturated heterocycles. The number of sulfonamides is 1. The Kier molecular flexibility index (Phi) is 3.39. The monoisotopic (exact) mass is 301 g/mol. The van der Waals surface area contributed by atoms with Crippen molar-refractivity contribution in [3.8, 4) is 0 Å². The van der Waals surface area contributed by atoms with Crippen LogP contribution in [0.15, 0.2) is 48.7 Å². The number of aromatic nitrogens is 2. The summed E-state index contributed by atoms with van der Waals surface area (Å²) in [7, 11) is -3.45. The highest BCUT2D eigenvalue weighted by Gasteiger charge is 2.13. The summed E-state index contributed by atoms with van der Waals surface area (Å²) in [6.45, 7) is 1.90. The number of hydrogen-bond donors (Lipinski definition) is 2. The first kappa shape index (κ1) is 13.6. The van der Waals surface area contributed by atoms with E-state index in [1.807, 2.05) is 37.3 Å². The second-order valence-corrected chi connectivity index (χ2v) is 6.68. The number of hydrogen-bond acceptors (Lipinski definition) is 3. The van der Waals surface area contributed by atoms with Gasteiger partial charge in [-0.05, 0) is 36.2 Å². The molecule has 3 rings (SSSR count). The molecule has 0 aliphatic rings. The van der Waals surface area contributed by atoms with Crippen LogP contribution in [0.5, 0.6) is 0 Å². The van der Waals surface area contributed by atoms with Crippen LogP contribution in [0.4, 0.5) is 5.69 Å². The lowest BCUT2D eigenvalue weighted by atomic mass is 10.1. The SMILES string of the molecule is Cc1ccccc1CS(=O)(=O)Nc1ccc2cn[nH]c2c1. The molecule has 5 nitrogen and oxygen atoms in total. The summed E-state index contributed by atoms with van der Waals surface area (Å²) in [6, 6.07) is 12.8. The van der Waals surface area contributed by atoms with E-state index in [0.29, 0.717) is 5.69 Å². The van der Waals surface area contributed by atoms with Crippen LogP contribution in [0.3, 0.4) is 0 Å². The van der Waals surface area contributed by atoms with Crippen LogP contribution in [0.1, 0.15) is 11.1 Å². The van der Waals surface area contributed by atoms with Gasteiger partial charge in [0.2, 0.25) is 10.0 Å². The van der Waals surface area contributed by atoms with E-state index in [-0.39, 0.29) is 5.75 Å². The average Bonchev–Trinajstić information content (AvgIpc) is 2.88. The highest BCUT2D eigenvalue weighted by atomic mass is 32.2. The molecule has 1 heterocycles. The topological polar surface area (TPSA) is 74.8 Å². The maximum Gasteiger partial charge on any atom is 0.236 e. The first-order valence-electron chi connectivity index (χ1n) is 6.52. The minimum absolute atomic E-state index is 0.0410. The van der Waals surface area contributed by atoms with E-state index in [0.717, 1.165) is 22.0 Å². The second-order valence-electron chi connectivity index (χ2n) is 4.96. The Bertz CT molecular complexity index is 885. The Morgan fingerprint density at radius 1 is 1.19 bits per heavy atom. The maximum atomic E-state index is 12.3. The Morgan fingerprint density at radius 3 is 2.81 bits per heavy atom. The molecule has 0 bridgehead atoms. The van der Waals surface area contributed by atoms with E-state index >= 15 is 0 Å². The third-order valence-electron chi connectivity index (χ3n) is 3.32. The van der Waals surface area contributed by atoms with Crippen molar-refractivity contribution >= 4 is 26.6 Å². The maximum absolute atomic E-state index is 12.3. The van der Waals surface area contributed by atoms with Gasteiger partial charge in [-0.25, -0.2) is 8.42 Å². The molecule has 0 spiro atoms. The second kappa shape index (κ2) is 5.21. The number of nitrogens with zero attached hydrogens (tertiary/aromatic N) is 1. The zero-order valence-electron chi connectivity index (χ0n) is 11.5. The molecule has 0 amide bonds. The highest BCUT2D eigenvalue weighted by Crippen LogP contribution is 2.19. The summed E-state index contributed by atoms with van der Waals surface area (Å²) < 4.78 is 27.1. The van der Waals surface area contributed by atoms with Crippen molar-refractivity contribution < 1.29 is 8.42 Å². The number of fused-ring (bicyclic) bond motifs is 1. The van der Waals surface area contributed by atoms with Crippen molar-refractivity contribution in [2.75, 3.05) is 4.72 Å². The summed E-state index contributed by atoms with van der Waals surface area (Å²) in [5.41, 5.74) is 3.09. The van der Waals surface area contributed by atoms with E-state index in [4.69, 9.17) is 0 Å². The minimum Gasteiger partial charge on any atom is -0.283 e. The third kappa shape index (κ3) is 3.05. The van der Waals surface area contributed by atoms with E-state index in [1.165, 1.54) is 0 Å². The van der Waals surface area contributed by atoms with Crippen molar-refractivity contribution in [3.63, 3.8) is 0 Å². The number of H-pyrrole nitrogens is 1. The Labute approximate surface area is 123 Å². The van der Waals surface area contributed by atoms with Gasteiger partial charge in [-0.15, -0.1) is 0 Å². The van der Waals surface area contributed by atoms with Crippen LogP contribution < -0.4 is 4.72 Å². The molecule has 21 heavy (non-hydrogen) atoms. The van der Waals surface area contributed by atoms with Crippen LogP contribution >= 0.6 is 0 Å². The van der Waals surface area contributed by atoms with Crippen molar-refractivity contribution in [2.24, 2.45) is 0 Å². The van der Waals surface area contributed by atoms with Gasteiger partial charge in [-0.1, -0.05) is 24.3 Å². The molecule has 0 aliphatic carbocycles. The lowest BCUT2D eigenvalue weighted by Crippen LogP contribution is -2.15. The molecular formula is C15H15N3O2S. The number of aryl methyl sites for hydroxylation is 1. The first-order valence-corrected chi connectivity index (χ1v) is 8.17. The molecule has 6 heteroatoms. The van der Waals surface area contributed by atoms with E-state index in [2.05, 4.69) is 14.9 Å². The molecule has 3 aromatic rings. The van der Waals surface area contributed by atoms with Gasteiger partial charge >= 0.3 is 0 Å². The van der Waals surface area contributed by atoms with Gasteiger partial charge in [0.05, 0.1) is 23.2 Å². The normalized spacial score (nSPS) is 11.7. The number of anilines is 1. The molecule has 0 fully saturated rings. The van der Waals surface area contributed by atoms with E-state index in [1.54, 1.807) is 18.3 Å². The van der Waals surface area contributed by atoms with Gasteiger partial charge in [-0.3, -0.25) is 9.82 Å². The molecule has 2 aromatic carbocycles. The fraction of sp³-hybridized carbons (Fsp3) is 0.133. The minimum atomic E-state index is -3.45. The number of nitrogens with one attached hydrogen (secondary N) is 2. The predicted molar refractivity (Wildman–Crippen MR) is 83.5 cm³/mol. The first-order chi connectivity index (χ1) is 10.0. The lowest BCUT2D eigenvalue weighted by molar-refractivity contribution is 0.600. The van der Waals surface area contributed by atoms with Crippen LogP contribution in [-0.2, 0) is 15.8 Å². The van der Waals surface area contributed by atoms with E-state index < -0.39 is 10.0 Å². The molecule has 2 N–H and O–H groups in total. The molecule has 0 radical (unpaired) electrons. The summed E-state index contributed by atoms with van der Waals surface area (Å²) in [5.74, 6) is -0.0410.